The molecule has 0 saturated heterocycles. The highest BCUT2D eigenvalue weighted by molar-refractivity contribution is 9.10. The van der Waals surface area contributed by atoms with Gasteiger partial charge in [-0.1, -0.05) is 22.9 Å². The summed E-state index contributed by atoms with van der Waals surface area (Å²) < 4.78 is 14.5. The lowest BCUT2D eigenvalue weighted by Crippen LogP contribution is -2.31. The lowest BCUT2D eigenvalue weighted by Gasteiger charge is -2.26. The third kappa shape index (κ3) is 3.00. The summed E-state index contributed by atoms with van der Waals surface area (Å²) in [6, 6.07) is 4.88. The molecule has 84 valence electrons. The molecule has 2 nitrogen and oxygen atoms in total. The van der Waals surface area contributed by atoms with Crippen LogP contribution in [0.15, 0.2) is 22.7 Å². The largest absolute Gasteiger partial charge is 0.329 e. The van der Waals surface area contributed by atoms with Gasteiger partial charge in [-0.2, -0.15) is 0 Å². The van der Waals surface area contributed by atoms with Gasteiger partial charge in [0.2, 0.25) is 0 Å². The van der Waals surface area contributed by atoms with Gasteiger partial charge in [0.15, 0.2) is 0 Å². The van der Waals surface area contributed by atoms with Crippen LogP contribution in [-0.2, 0) is 0 Å². The van der Waals surface area contributed by atoms with Crippen LogP contribution in [0.25, 0.3) is 0 Å². The molecular formula is C11H16BrFN2. The highest BCUT2D eigenvalue weighted by Gasteiger charge is 2.17. The second kappa shape index (κ2) is 5.58. The van der Waals surface area contributed by atoms with Gasteiger partial charge in [0.1, 0.15) is 5.82 Å². The molecule has 1 aromatic carbocycles. The summed E-state index contributed by atoms with van der Waals surface area (Å²) in [5.74, 6) is -0.200. The maximum absolute atomic E-state index is 13.6. The quantitative estimate of drug-likeness (QED) is 0.915. The van der Waals surface area contributed by atoms with Crippen LogP contribution in [0, 0.1) is 5.82 Å². The maximum atomic E-state index is 13.6. The molecule has 1 unspecified atom stereocenters. The highest BCUT2D eigenvalue weighted by Crippen LogP contribution is 2.24. The Morgan fingerprint density at radius 3 is 2.73 bits per heavy atom. The molecule has 0 fully saturated rings. The average molecular weight is 275 g/mol. The summed E-state index contributed by atoms with van der Waals surface area (Å²) in [6.07, 6.45) is 0. The Bertz CT molecular complexity index is 330. The molecule has 1 atom stereocenters. The van der Waals surface area contributed by atoms with E-state index in [0.717, 1.165) is 11.0 Å². The molecule has 15 heavy (non-hydrogen) atoms. The van der Waals surface area contributed by atoms with Crippen LogP contribution >= 0.6 is 15.9 Å². The van der Waals surface area contributed by atoms with E-state index in [4.69, 9.17) is 5.73 Å². The number of hydrogen-bond donors (Lipinski definition) is 1. The van der Waals surface area contributed by atoms with E-state index in [2.05, 4.69) is 15.9 Å². The van der Waals surface area contributed by atoms with E-state index in [-0.39, 0.29) is 11.9 Å². The molecule has 0 aliphatic rings. The fourth-order valence-electron chi connectivity index (χ4n) is 1.53. The Morgan fingerprint density at radius 1 is 1.53 bits per heavy atom. The van der Waals surface area contributed by atoms with E-state index >= 15 is 0 Å². The van der Waals surface area contributed by atoms with E-state index in [9.17, 15) is 4.39 Å². The SMILES string of the molecule is CCN(C)C(CN)c1cc(Br)ccc1F. The van der Waals surface area contributed by atoms with Crippen molar-refractivity contribution < 1.29 is 4.39 Å². The molecule has 0 radical (unpaired) electrons. The lowest BCUT2D eigenvalue weighted by atomic mass is 10.1. The van der Waals surface area contributed by atoms with Gasteiger partial charge < -0.3 is 5.73 Å². The van der Waals surface area contributed by atoms with Crippen LogP contribution in [0.3, 0.4) is 0 Å². The standard InChI is InChI=1S/C11H16BrFN2/c1-3-15(2)11(7-14)9-6-8(12)4-5-10(9)13/h4-6,11H,3,7,14H2,1-2H3. The highest BCUT2D eigenvalue weighted by atomic mass is 79.9. The monoisotopic (exact) mass is 274 g/mol. The summed E-state index contributed by atoms with van der Waals surface area (Å²) in [5.41, 5.74) is 6.33. The molecule has 4 heteroatoms. The molecule has 0 saturated carbocycles. The van der Waals surface area contributed by atoms with Gasteiger partial charge in [-0.25, -0.2) is 4.39 Å². The van der Waals surface area contributed by atoms with Crippen molar-refractivity contribution in [1.29, 1.82) is 0 Å². The molecule has 0 aliphatic carbocycles. The molecule has 0 bridgehead atoms. The first kappa shape index (κ1) is 12.6. The van der Waals surface area contributed by atoms with Crippen LogP contribution in [0.1, 0.15) is 18.5 Å². The topological polar surface area (TPSA) is 29.3 Å². The Labute approximate surface area is 98.4 Å². The zero-order valence-corrected chi connectivity index (χ0v) is 10.6. The molecule has 0 spiro atoms. The second-order valence-corrected chi connectivity index (χ2v) is 4.41. The first-order chi connectivity index (χ1) is 7.10. The fourth-order valence-corrected chi connectivity index (χ4v) is 1.91. The molecule has 0 amide bonds. The molecule has 1 rings (SSSR count). The van der Waals surface area contributed by atoms with E-state index in [1.54, 1.807) is 12.1 Å². The van der Waals surface area contributed by atoms with Crippen LogP contribution in [-0.4, -0.2) is 25.0 Å². The predicted octanol–water partition coefficient (Wildman–Crippen LogP) is 2.54. The van der Waals surface area contributed by atoms with Gasteiger partial charge in [-0.3, -0.25) is 4.90 Å². The zero-order valence-electron chi connectivity index (χ0n) is 9.00. The second-order valence-electron chi connectivity index (χ2n) is 3.49. The van der Waals surface area contributed by atoms with Gasteiger partial charge in [0.05, 0.1) is 0 Å². The fraction of sp³-hybridized carbons (Fsp3) is 0.455. The van der Waals surface area contributed by atoms with Crippen molar-refractivity contribution >= 4 is 15.9 Å². The van der Waals surface area contributed by atoms with Crippen LogP contribution in [0.4, 0.5) is 4.39 Å². The van der Waals surface area contributed by atoms with Gasteiger partial charge in [0.25, 0.3) is 0 Å². The maximum Gasteiger partial charge on any atom is 0.128 e. The molecule has 2 N–H and O–H groups in total. The van der Waals surface area contributed by atoms with Crippen molar-refractivity contribution in [2.24, 2.45) is 5.73 Å². The average Bonchev–Trinajstić information content (AvgIpc) is 2.23. The van der Waals surface area contributed by atoms with Crippen LogP contribution in [0.2, 0.25) is 0 Å². The van der Waals surface area contributed by atoms with Crippen molar-refractivity contribution in [2.75, 3.05) is 20.1 Å². The van der Waals surface area contributed by atoms with E-state index in [0.29, 0.717) is 12.1 Å². The number of benzene rings is 1. The summed E-state index contributed by atoms with van der Waals surface area (Å²) in [6.45, 7) is 3.28. The first-order valence-electron chi connectivity index (χ1n) is 4.95. The molecule has 0 aliphatic heterocycles. The van der Waals surface area contributed by atoms with Crippen molar-refractivity contribution in [3.05, 3.63) is 34.1 Å². The Balaban J connectivity index is 3.05. The van der Waals surface area contributed by atoms with Gasteiger partial charge in [-0.15, -0.1) is 0 Å². The number of hydrogen-bond acceptors (Lipinski definition) is 2. The Hall–Kier alpha value is -0.450. The number of nitrogens with two attached hydrogens (primary N) is 1. The van der Waals surface area contributed by atoms with Gasteiger partial charge in [-0.05, 0) is 31.8 Å². The summed E-state index contributed by atoms with van der Waals surface area (Å²) >= 11 is 3.34. The first-order valence-corrected chi connectivity index (χ1v) is 5.74. The Kier molecular flexibility index (Phi) is 4.70. The molecular weight excluding hydrogens is 259 g/mol. The number of halogens is 2. The number of likely N-dealkylation sites (N-methyl/N-ethyl adjacent to an activating group) is 1. The van der Waals surface area contributed by atoms with E-state index < -0.39 is 0 Å². The van der Waals surface area contributed by atoms with Crippen molar-refractivity contribution in [2.45, 2.75) is 13.0 Å². The van der Waals surface area contributed by atoms with E-state index in [1.165, 1.54) is 6.07 Å². The minimum absolute atomic E-state index is 0.0625. The summed E-state index contributed by atoms with van der Waals surface area (Å²) in [4.78, 5) is 2.03. The van der Waals surface area contributed by atoms with E-state index in [1.807, 2.05) is 18.9 Å². The zero-order chi connectivity index (χ0) is 11.4. The van der Waals surface area contributed by atoms with Gasteiger partial charge in [0, 0.05) is 22.6 Å². The van der Waals surface area contributed by atoms with Crippen LogP contribution < -0.4 is 5.73 Å². The Morgan fingerprint density at radius 2 is 2.20 bits per heavy atom. The molecule has 0 aromatic heterocycles. The van der Waals surface area contributed by atoms with Crippen LogP contribution in [0.5, 0.6) is 0 Å². The number of nitrogens with zero attached hydrogens (tertiary/aromatic N) is 1. The predicted molar refractivity (Wildman–Crippen MR) is 64.2 cm³/mol. The molecule has 0 heterocycles. The normalized spacial score (nSPS) is 13.2. The smallest absolute Gasteiger partial charge is 0.128 e. The third-order valence-corrected chi connectivity index (χ3v) is 3.06. The summed E-state index contributed by atoms with van der Waals surface area (Å²) in [5, 5.41) is 0. The summed E-state index contributed by atoms with van der Waals surface area (Å²) in [7, 11) is 1.94. The van der Waals surface area contributed by atoms with Crippen molar-refractivity contribution in [1.82, 2.24) is 4.90 Å². The minimum Gasteiger partial charge on any atom is -0.329 e. The molecule has 1 aromatic rings. The van der Waals surface area contributed by atoms with Gasteiger partial charge >= 0.3 is 0 Å². The minimum atomic E-state index is -0.200. The lowest BCUT2D eigenvalue weighted by molar-refractivity contribution is 0.257. The van der Waals surface area contributed by atoms with Crippen molar-refractivity contribution in [3.8, 4) is 0 Å². The number of rotatable bonds is 4. The van der Waals surface area contributed by atoms with Crippen molar-refractivity contribution in [3.63, 3.8) is 0 Å². The third-order valence-electron chi connectivity index (χ3n) is 2.57.